The van der Waals surface area contributed by atoms with Crippen LogP contribution in [0.5, 0.6) is 0 Å². The zero-order valence-corrected chi connectivity index (χ0v) is 13.9. The van der Waals surface area contributed by atoms with Gasteiger partial charge in [-0.1, -0.05) is 18.1 Å². The molecular weight excluding hydrogens is 306 g/mol. The zero-order chi connectivity index (χ0) is 16.4. The summed E-state index contributed by atoms with van der Waals surface area (Å²) in [7, 11) is 1.65. The van der Waals surface area contributed by atoms with Gasteiger partial charge in [0, 0.05) is 17.5 Å². The highest BCUT2D eigenvalue weighted by Crippen LogP contribution is 2.34. The molecule has 1 amide bonds. The number of nitrogens with two attached hydrogens (primary N) is 1. The number of carbonyl (C=O) groups is 1. The van der Waals surface area contributed by atoms with Gasteiger partial charge in [-0.15, -0.1) is 17.3 Å². The number of carbonyl (C=O) groups excluding carboxylic acids is 1. The van der Waals surface area contributed by atoms with Crippen molar-refractivity contribution in [3.8, 4) is 23.0 Å². The van der Waals surface area contributed by atoms with Crippen LogP contribution in [0, 0.1) is 11.8 Å². The van der Waals surface area contributed by atoms with E-state index >= 15 is 0 Å². The highest BCUT2D eigenvalue weighted by atomic mass is 32.1. The molecule has 0 spiro atoms. The SMILES string of the molecule is CC#Cc1cccc(-c2csc(C3CC(=O)N(C)C(N)=N3)c2)c1. The van der Waals surface area contributed by atoms with E-state index < -0.39 is 0 Å². The van der Waals surface area contributed by atoms with Gasteiger partial charge in [-0.3, -0.25) is 9.69 Å². The van der Waals surface area contributed by atoms with Crippen LogP contribution in [0.4, 0.5) is 0 Å². The van der Waals surface area contributed by atoms with Crippen LogP contribution in [-0.2, 0) is 4.79 Å². The van der Waals surface area contributed by atoms with Crippen molar-refractivity contribution in [2.75, 3.05) is 7.05 Å². The molecule has 4 nitrogen and oxygen atoms in total. The van der Waals surface area contributed by atoms with E-state index in [1.807, 2.05) is 19.1 Å². The second kappa shape index (κ2) is 6.27. The summed E-state index contributed by atoms with van der Waals surface area (Å²) in [6, 6.07) is 10.0. The fraction of sp³-hybridized carbons (Fsp3) is 0.222. The minimum absolute atomic E-state index is 0.00216. The van der Waals surface area contributed by atoms with Gasteiger partial charge in [0.15, 0.2) is 5.96 Å². The third-order valence-corrected chi connectivity index (χ3v) is 4.82. The third kappa shape index (κ3) is 3.13. The highest BCUT2D eigenvalue weighted by Gasteiger charge is 2.26. The lowest BCUT2D eigenvalue weighted by Crippen LogP contribution is -2.42. The standard InChI is InChI=1S/C18H17N3OS/c1-3-5-12-6-4-7-13(8-12)14-9-16(23-11-14)15-10-17(22)21(2)18(19)20-15/h4,6-9,11,15H,10H2,1-2H3,(H2,19,20). The Kier molecular flexibility index (Phi) is 4.18. The molecule has 23 heavy (non-hydrogen) atoms. The minimum Gasteiger partial charge on any atom is -0.369 e. The largest absolute Gasteiger partial charge is 0.369 e. The third-order valence-electron chi connectivity index (χ3n) is 3.79. The molecule has 0 saturated heterocycles. The van der Waals surface area contributed by atoms with Crippen LogP contribution < -0.4 is 5.73 Å². The Morgan fingerprint density at radius 1 is 1.35 bits per heavy atom. The number of rotatable bonds is 2. The summed E-state index contributed by atoms with van der Waals surface area (Å²) >= 11 is 1.61. The molecule has 0 fully saturated rings. The van der Waals surface area contributed by atoms with E-state index in [0.29, 0.717) is 6.42 Å². The molecule has 116 valence electrons. The van der Waals surface area contributed by atoms with Crippen molar-refractivity contribution in [1.82, 2.24) is 4.90 Å². The van der Waals surface area contributed by atoms with E-state index in [-0.39, 0.29) is 17.9 Å². The number of nitrogens with zero attached hydrogens (tertiary/aromatic N) is 2. The van der Waals surface area contributed by atoms with Crippen LogP contribution in [-0.4, -0.2) is 23.8 Å². The lowest BCUT2D eigenvalue weighted by molar-refractivity contribution is -0.127. The van der Waals surface area contributed by atoms with Crippen molar-refractivity contribution < 1.29 is 4.79 Å². The summed E-state index contributed by atoms with van der Waals surface area (Å²) in [6.07, 6.45) is 0.360. The average Bonchev–Trinajstić information content (AvgIpc) is 3.03. The first kappa shape index (κ1) is 15.3. The van der Waals surface area contributed by atoms with Gasteiger partial charge in [-0.25, -0.2) is 4.99 Å². The van der Waals surface area contributed by atoms with Crippen molar-refractivity contribution in [3.63, 3.8) is 0 Å². The normalized spacial score (nSPS) is 17.5. The molecular formula is C18H17N3OS. The fourth-order valence-electron chi connectivity index (χ4n) is 2.49. The quantitative estimate of drug-likeness (QED) is 0.864. The summed E-state index contributed by atoms with van der Waals surface area (Å²) in [5.41, 5.74) is 9.04. The molecule has 1 aliphatic rings. The molecule has 1 aromatic heterocycles. The molecule has 0 aliphatic carbocycles. The van der Waals surface area contributed by atoms with Crippen molar-refractivity contribution in [1.29, 1.82) is 0 Å². The first-order valence-electron chi connectivity index (χ1n) is 7.30. The topological polar surface area (TPSA) is 58.7 Å². The smallest absolute Gasteiger partial charge is 0.231 e. The van der Waals surface area contributed by atoms with Crippen LogP contribution in [0.25, 0.3) is 11.1 Å². The minimum atomic E-state index is -0.184. The van der Waals surface area contributed by atoms with Gasteiger partial charge in [0.25, 0.3) is 0 Å². The first-order valence-corrected chi connectivity index (χ1v) is 8.18. The molecule has 0 radical (unpaired) electrons. The first-order chi connectivity index (χ1) is 11.1. The molecule has 1 aliphatic heterocycles. The van der Waals surface area contributed by atoms with Crippen molar-refractivity contribution in [2.24, 2.45) is 10.7 Å². The Morgan fingerprint density at radius 2 is 2.17 bits per heavy atom. The van der Waals surface area contributed by atoms with Crippen molar-refractivity contribution in [3.05, 3.63) is 46.2 Å². The Labute approximate surface area is 139 Å². The van der Waals surface area contributed by atoms with Gasteiger partial charge in [-0.2, -0.15) is 0 Å². The lowest BCUT2D eigenvalue weighted by atomic mass is 10.0. The summed E-state index contributed by atoms with van der Waals surface area (Å²) in [5, 5.41) is 2.09. The molecule has 1 unspecified atom stereocenters. The van der Waals surface area contributed by atoms with Crippen molar-refractivity contribution >= 4 is 23.2 Å². The molecule has 0 bridgehead atoms. The van der Waals surface area contributed by atoms with Crippen LogP contribution in [0.2, 0.25) is 0 Å². The van der Waals surface area contributed by atoms with Crippen LogP contribution >= 0.6 is 11.3 Å². The molecule has 2 N–H and O–H groups in total. The maximum atomic E-state index is 11.9. The number of benzene rings is 1. The summed E-state index contributed by atoms with van der Waals surface area (Å²) in [6.45, 7) is 1.83. The maximum absolute atomic E-state index is 11.9. The molecule has 0 saturated carbocycles. The summed E-state index contributed by atoms with van der Waals surface area (Å²) in [4.78, 5) is 18.8. The fourth-order valence-corrected chi connectivity index (χ4v) is 3.44. The maximum Gasteiger partial charge on any atom is 0.231 e. The van der Waals surface area contributed by atoms with E-state index in [4.69, 9.17) is 5.73 Å². The van der Waals surface area contributed by atoms with E-state index in [0.717, 1.165) is 21.6 Å². The van der Waals surface area contributed by atoms with Crippen LogP contribution in [0.15, 0.2) is 40.7 Å². The molecule has 1 atom stereocenters. The van der Waals surface area contributed by atoms with E-state index in [1.54, 1.807) is 18.4 Å². The molecule has 2 heterocycles. The highest BCUT2D eigenvalue weighted by molar-refractivity contribution is 7.10. The van der Waals surface area contributed by atoms with Gasteiger partial charge < -0.3 is 5.73 Å². The Morgan fingerprint density at radius 3 is 2.91 bits per heavy atom. The predicted molar refractivity (Wildman–Crippen MR) is 94.1 cm³/mol. The van der Waals surface area contributed by atoms with Crippen LogP contribution in [0.3, 0.4) is 0 Å². The van der Waals surface area contributed by atoms with Gasteiger partial charge in [0.05, 0.1) is 12.5 Å². The van der Waals surface area contributed by atoms with Gasteiger partial charge in [0.1, 0.15) is 0 Å². The zero-order valence-electron chi connectivity index (χ0n) is 13.0. The van der Waals surface area contributed by atoms with Crippen LogP contribution in [0.1, 0.15) is 29.8 Å². The second-order valence-corrected chi connectivity index (χ2v) is 6.30. The van der Waals surface area contributed by atoms with Gasteiger partial charge >= 0.3 is 0 Å². The number of guanidine groups is 1. The monoisotopic (exact) mass is 323 g/mol. The number of thiophene rings is 1. The van der Waals surface area contributed by atoms with Crippen molar-refractivity contribution in [2.45, 2.75) is 19.4 Å². The molecule has 2 aromatic rings. The summed E-state index contributed by atoms with van der Waals surface area (Å²) in [5.74, 6) is 6.26. The van der Waals surface area contributed by atoms with Gasteiger partial charge in [-0.05, 0) is 41.6 Å². The Bertz CT molecular complexity index is 841. The number of aliphatic imine (C=N–C) groups is 1. The van der Waals surface area contributed by atoms with Gasteiger partial charge in [0.2, 0.25) is 5.91 Å². The Hall–Kier alpha value is -2.58. The summed E-state index contributed by atoms with van der Waals surface area (Å²) < 4.78 is 0. The second-order valence-electron chi connectivity index (χ2n) is 5.35. The van der Waals surface area contributed by atoms with E-state index in [9.17, 15) is 4.79 Å². The predicted octanol–water partition coefficient (Wildman–Crippen LogP) is 3.00. The number of hydrogen-bond acceptors (Lipinski definition) is 4. The molecule has 5 heteroatoms. The van der Waals surface area contributed by atoms with E-state index in [1.165, 1.54) is 4.90 Å². The number of hydrogen-bond donors (Lipinski definition) is 1. The average molecular weight is 323 g/mol. The molecule has 1 aromatic carbocycles. The molecule has 3 rings (SSSR count). The lowest BCUT2D eigenvalue weighted by Gasteiger charge is -2.24. The van der Waals surface area contributed by atoms with E-state index in [2.05, 4.69) is 40.4 Å². The number of amides is 1. The Balaban J connectivity index is 1.90.